The molecule has 9 heteroatoms. The number of carbonyl (C=O) groups excluding carboxylic acids is 1. The maximum atomic E-state index is 12.3. The van der Waals surface area contributed by atoms with Crippen LogP contribution in [0.25, 0.3) is 5.69 Å². The van der Waals surface area contributed by atoms with Crippen LogP contribution in [0.15, 0.2) is 48.8 Å². The monoisotopic (exact) mass is 365 g/mol. The predicted octanol–water partition coefficient (Wildman–Crippen LogP) is 0.824. The van der Waals surface area contributed by atoms with Crippen molar-refractivity contribution in [1.29, 1.82) is 0 Å². The van der Waals surface area contributed by atoms with Gasteiger partial charge in [0, 0.05) is 19.3 Å². The molecule has 27 heavy (non-hydrogen) atoms. The molecule has 0 spiro atoms. The maximum Gasteiger partial charge on any atom is 0.273 e. The summed E-state index contributed by atoms with van der Waals surface area (Å²) in [5.41, 5.74) is 1.03. The summed E-state index contributed by atoms with van der Waals surface area (Å²) < 4.78 is 5.36. The first-order chi connectivity index (χ1) is 13.3. The Kier molecular flexibility index (Phi) is 5.01. The van der Waals surface area contributed by atoms with Crippen molar-refractivity contribution < 1.29 is 9.53 Å². The van der Waals surface area contributed by atoms with Gasteiger partial charge >= 0.3 is 0 Å². The summed E-state index contributed by atoms with van der Waals surface area (Å²) in [6.07, 6.45) is 3.14. The molecular formula is C18H19N7O2. The van der Waals surface area contributed by atoms with Crippen LogP contribution in [0.3, 0.4) is 0 Å². The average molecular weight is 365 g/mol. The molecule has 0 saturated carbocycles. The first-order valence-corrected chi connectivity index (χ1v) is 8.70. The van der Waals surface area contributed by atoms with Crippen LogP contribution in [0.2, 0.25) is 0 Å². The summed E-state index contributed by atoms with van der Waals surface area (Å²) in [5.74, 6) is 1.06. The zero-order valence-electron chi connectivity index (χ0n) is 14.7. The SMILES string of the molecule is O=C(NCc1nccc(N2CCOCC2)n1)c1cnn(-c2ccccc2)n1. The van der Waals surface area contributed by atoms with Gasteiger partial charge in [-0.2, -0.15) is 9.90 Å². The number of hydrogen-bond acceptors (Lipinski definition) is 7. The second kappa shape index (κ2) is 7.92. The van der Waals surface area contributed by atoms with Gasteiger partial charge in [0.15, 0.2) is 5.69 Å². The van der Waals surface area contributed by atoms with Crippen LogP contribution in [-0.4, -0.2) is 57.2 Å². The van der Waals surface area contributed by atoms with E-state index in [0.29, 0.717) is 19.0 Å². The molecule has 0 aliphatic carbocycles. The molecule has 1 fully saturated rings. The molecule has 1 N–H and O–H groups in total. The standard InChI is InChI=1S/C18H19N7O2/c26-18(15-12-21-25(23-15)14-4-2-1-3-5-14)20-13-16-19-7-6-17(22-16)24-8-10-27-11-9-24/h1-7,12H,8-11,13H2,(H,20,26). The van der Waals surface area contributed by atoms with Crippen molar-refractivity contribution in [3.8, 4) is 5.69 Å². The van der Waals surface area contributed by atoms with Gasteiger partial charge in [0.1, 0.15) is 11.6 Å². The van der Waals surface area contributed by atoms with Crippen LogP contribution in [-0.2, 0) is 11.3 Å². The van der Waals surface area contributed by atoms with Gasteiger partial charge in [0.05, 0.1) is 31.6 Å². The summed E-state index contributed by atoms with van der Waals surface area (Å²) in [7, 11) is 0. The average Bonchev–Trinajstić information content (AvgIpc) is 3.24. The summed E-state index contributed by atoms with van der Waals surface area (Å²) in [6, 6.07) is 11.3. The zero-order valence-corrected chi connectivity index (χ0v) is 14.7. The number of nitrogens with zero attached hydrogens (tertiary/aromatic N) is 6. The van der Waals surface area contributed by atoms with E-state index in [4.69, 9.17) is 4.74 Å². The van der Waals surface area contributed by atoms with Crippen molar-refractivity contribution in [1.82, 2.24) is 30.3 Å². The van der Waals surface area contributed by atoms with Gasteiger partial charge in [-0.3, -0.25) is 4.79 Å². The third-order valence-corrected chi connectivity index (χ3v) is 4.14. The van der Waals surface area contributed by atoms with E-state index in [2.05, 4.69) is 30.4 Å². The van der Waals surface area contributed by atoms with E-state index in [-0.39, 0.29) is 18.1 Å². The number of para-hydroxylation sites is 1. The van der Waals surface area contributed by atoms with Gasteiger partial charge in [-0.05, 0) is 18.2 Å². The smallest absolute Gasteiger partial charge is 0.273 e. The Bertz CT molecular complexity index is 907. The highest BCUT2D eigenvalue weighted by molar-refractivity contribution is 5.91. The molecule has 3 aromatic rings. The Morgan fingerprint density at radius 1 is 1.15 bits per heavy atom. The number of nitrogens with one attached hydrogen (secondary N) is 1. The molecule has 1 amide bonds. The van der Waals surface area contributed by atoms with Crippen molar-refractivity contribution >= 4 is 11.7 Å². The van der Waals surface area contributed by atoms with E-state index in [1.165, 1.54) is 11.0 Å². The Balaban J connectivity index is 1.39. The molecular weight excluding hydrogens is 346 g/mol. The molecule has 2 aromatic heterocycles. The predicted molar refractivity (Wildman–Crippen MR) is 97.6 cm³/mol. The largest absolute Gasteiger partial charge is 0.378 e. The fraction of sp³-hybridized carbons (Fsp3) is 0.278. The number of morpholine rings is 1. The minimum Gasteiger partial charge on any atom is -0.378 e. The molecule has 1 aliphatic heterocycles. The first kappa shape index (κ1) is 17.1. The van der Waals surface area contributed by atoms with E-state index in [0.717, 1.165) is 24.6 Å². The van der Waals surface area contributed by atoms with Crippen LogP contribution in [0, 0.1) is 0 Å². The Labute approximate surface area is 156 Å². The van der Waals surface area contributed by atoms with Crippen LogP contribution < -0.4 is 10.2 Å². The quantitative estimate of drug-likeness (QED) is 0.715. The fourth-order valence-electron chi connectivity index (χ4n) is 2.74. The number of carbonyl (C=O) groups is 1. The van der Waals surface area contributed by atoms with Crippen LogP contribution in [0.4, 0.5) is 5.82 Å². The van der Waals surface area contributed by atoms with Crippen molar-refractivity contribution in [3.63, 3.8) is 0 Å². The zero-order chi connectivity index (χ0) is 18.5. The van der Waals surface area contributed by atoms with Gasteiger partial charge in [-0.15, -0.1) is 5.10 Å². The maximum absolute atomic E-state index is 12.3. The highest BCUT2D eigenvalue weighted by Crippen LogP contribution is 2.12. The molecule has 4 rings (SSSR count). The number of aromatic nitrogens is 5. The van der Waals surface area contributed by atoms with Crippen molar-refractivity contribution in [2.75, 3.05) is 31.2 Å². The van der Waals surface area contributed by atoms with E-state index in [1.54, 1.807) is 6.20 Å². The number of ether oxygens (including phenoxy) is 1. The molecule has 138 valence electrons. The molecule has 1 saturated heterocycles. The number of hydrogen-bond donors (Lipinski definition) is 1. The summed E-state index contributed by atoms with van der Waals surface area (Å²) in [4.78, 5) is 24.6. The lowest BCUT2D eigenvalue weighted by molar-refractivity contribution is 0.0944. The second-order valence-electron chi connectivity index (χ2n) is 5.97. The normalized spacial score (nSPS) is 14.1. The minimum atomic E-state index is -0.322. The molecule has 0 radical (unpaired) electrons. The van der Waals surface area contributed by atoms with Crippen LogP contribution in [0.5, 0.6) is 0 Å². The third kappa shape index (κ3) is 4.09. The lowest BCUT2D eigenvalue weighted by atomic mass is 10.3. The molecule has 3 heterocycles. The summed E-state index contributed by atoms with van der Waals surface area (Å²) in [6.45, 7) is 3.19. The van der Waals surface area contributed by atoms with E-state index >= 15 is 0 Å². The van der Waals surface area contributed by atoms with Gasteiger partial charge < -0.3 is 15.0 Å². The highest BCUT2D eigenvalue weighted by Gasteiger charge is 2.15. The van der Waals surface area contributed by atoms with Crippen molar-refractivity contribution in [2.45, 2.75) is 6.54 Å². The topological polar surface area (TPSA) is 98.1 Å². The van der Waals surface area contributed by atoms with Gasteiger partial charge in [-0.25, -0.2) is 9.97 Å². The second-order valence-corrected chi connectivity index (χ2v) is 5.97. The van der Waals surface area contributed by atoms with Crippen LogP contribution >= 0.6 is 0 Å². The lowest BCUT2D eigenvalue weighted by Gasteiger charge is -2.27. The van der Waals surface area contributed by atoms with Crippen molar-refractivity contribution in [3.05, 3.63) is 60.3 Å². The fourth-order valence-corrected chi connectivity index (χ4v) is 2.74. The number of anilines is 1. The summed E-state index contributed by atoms with van der Waals surface area (Å²) in [5, 5.41) is 11.1. The van der Waals surface area contributed by atoms with E-state index in [1.807, 2.05) is 36.4 Å². The lowest BCUT2D eigenvalue weighted by Crippen LogP contribution is -2.37. The van der Waals surface area contributed by atoms with Gasteiger partial charge in [-0.1, -0.05) is 18.2 Å². The van der Waals surface area contributed by atoms with Crippen molar-refractivity contribution in [2.24, 2.45) is 0 Å². The summed E-state index contributed by atoms with van der Waals surface area (Å²) >= 11 is 0. The molecule has 0 atom stereocenters. The van der Waals surface area contributed by atoms with E-state index in [9.17, 15) is 4.79 Å². The van der Waals surface area contributed by atoms with Gasteiger partial charge in [0.25, 0.3) is 5.91 Å². The molecule has 0 bridgehead atoms. The Hall–Kier alpha value is -3.33. The number of amides is 1. The van der Waals surface area contributed by atoms with Gasteiger partial charge in [0.2, 0.25) is 0 Å². The minimum absolute atomic E-state index is 0.217. The Morgan fingerprint density at radius 2 is 1.96 bits per heavy atom. The molecule has 0 unspecified atom stereocenters. The number of rotatable bonds is 5. The Morgan fingerprint density at radius 3 is 2.78 bits per heavy atom. The molecule has 1 aromatic carbocycles. The highest BCUT2D eigenvalue weighted by atomic mass is 16.5. The molecule has 1 aliphatic rings. The molecule has 9 nitrogen and oxygen atoms in total. The van der Waals surface area contributed by atoms with E-state index < -0.39 is 0 Å². The van der Waals surface area contributed by atoms with Crippen LogP contribution in [0.1, 0.15) is 16.3 Å². The number of benzene rings is 1. The first-order valence-electron chi connectivity index (χ1n) is 8.70. The third-order valence-electron chi connectivity index (χ3n) is 4.14.